The van der Waals surface area contributed by atoms with Gasteiger partial charge in [-0.1, -0.05) is 36.4 Å². The number of hydrogen-bond acceptors (Lipinski definition) is 4. The topological polar surface area (TPSA) is 80.9 Å². The molecule has 2 aromatic carbocycles. The number of nitrogens with two attached hydrogens (primary N) is 1. The molecule has 0 aliphatic carbocycles. The van der Waals surface area contributed by atoms with Crippen molar-refractivity contribution >= 4 is 5.91 Å². The van der Waals surface area contributed by atoms with Crippen LogP contribution in [0.1, 0.15) is 58.1 Å². The van der Waals surface area contributed by atoms with Crippen LogP contribution >= 0.6 is 0 Å². The van der Waals surface area contributed by atoms with E-state index in [4.69, 9.17) is 5.73 Å². The number of alkyl halides is 3. The van der Waals surface area contributed by atoms with Gasteiger partial charge in [-0.25, -0.2) is 14.4 Å². The van der Waals surface area contributed by atoms with E-state index in [2.05, 4.69) is 15.3 Å². The van der Waals surface area contributed by atoms with Crippen molar-refractivity contribution in [3.63, 3.8) is 0 Å². The molecule has 4 rings (SSSR count). The average Bonchev–Trinajstić information content (AvgIpc) is 2.84. The summed E-state index contributed by atoms with van der Waals surface area (Å²) in [6.45, 7) is 1.78. The number of hydrogen-bond donors (Lipinski definition) is 2. The molecule has 1 amide bonds. The van der Waals surface area contributed by atoms with Gasteiger partial charge in [-0.15, -0.1) is 0 Å². The van der Waals surface area contributed by atoms with Gasteiger partial charge in [-0.2, -0.15) is 13.2 Å². The summed E-state index contributed by atoms with van der Waals surface area (Å²) in [5, 5.41) is 3.28. The average molecular weight is 501 g/mol. The minimum absolute atomic E-state index is 0.00394. The van der Waals surface area contributed by atoms with Crippen molar-refractivity contribution in [3.05, 3.63) is 93.8 Å². The largest absolute Gasteiger partial charge is 0.419 e. The Morgan fingerprint density at radius 3 is 2.42 bits per heavy atom. The summed E-state index contributed by atoms with van der Waals surface area (Å²) in [6, 6.07) is 12.1. The van der Waals surface area contributed by atoms with Crippen LogP contribution in [0.15, 0.2) is 48.7 Å². The second-order valence-corrected chi connectivity index (χ2v) is 9.11. The Labute approximate surface area is 207 Å². The number of aryl methyl sites for hydroxylation is 2. The van der Waals surface area contributed by atoms with Crippen LogP contribution in [0.3, 0.4) is 0 Å². The summed E-state index contributed by atoms with van der Waals surface area (Å²) in [5.41, 5.74) is 6.89. The molecule has 0 bridgehead atoms. The first-order chi connectivity index (χ1) is 17.2. The molecule has 1 aliphatic heterocycles. The maximum absolute atomic E-state index is 14.9. The van der Waals surface area contributed by atoms with E-state index in [0.717, 1.165) is 43.3 Å². The highest BCUT2D eigenvalue weighted by molar-refractivity contribution is 5.77. The van der Waals surface area contributed by atoms with Crippen LogP contribution in [0.25, 0.3) is 0 Å². The molecule has 9 heteroatoms. The van der Waals surface area contributed by atoms with Crippen LogP contribution in [0.4, 0.5) is 17.6 Å². The second kappa shape index (κ2) is 11.2. The Bertz CT molecular complexity index is 1220. The van der Waals surface area contributed by atoms with E-state index in [-0.39, 0.29) is 37.2 Å². The Kier molecular flexibility index (Phi) is 7.98. The number of halogens is 4. The number of benzene rings is 2. The SMILES string of the molecule is NC(=O)Cc1ccccc1CCc1nc(Cc2ccc(C3CCNCC3)cc2F)ncc1C(F)(F)F. The molecule has 5 nitrogen and oxygen atoms in total. The number of carbonyl (C=O) groups is 1. The standard InChI is InChI=1S/C27H28F4N4O/c28-23-13-20(18-9-11-33-12-10-18)5-6-21(23)15-26-34-16-22(27(29,30)31)24(35-26)8-7-17-3-1-2-4-19(17)14-25(32)36/h1-6,13,16,18,33H,7-12,14-15H2,(H2,32,36). The monoisotopic (exact) mass is 500 g/mol. The molecule has 3 aromatic rings. The van der Waals surface area contributed by atoms with Crippen molar-refractivity contribution in [2.45, 2.75) is 50.6 Å². The first-order valence-electron chi connectivity index (χ1n) is 12.0. The molecule has 0 atom stereocenters. The van der Waals surface area contributed by atoms with Gasteiger partial charge in [0.15, 0.2) is 0 Å². The summed E-state index contributed by atoms with van der Waals surface area (Å²) >= 11 is 0. The van der Waals surface area contributed by atoms with Crippen molar-refractivity contribution in [2.75, 3.05) is 13.1 Å². The second-order valence-electron chi connectivity index (χ2n) is 9.11. The molecule has 190 valence electrons. The number of nitrogens with zero attached hydrogens (tertiary/aromatic N) is 2. The molecule has 1 aliphatic rings. The molecular formula is C27H28F4N4O. The third kappa shape index (κ3) is 6.46. The summed E-state index contributed by atoms with van der Waals surface area (Å²) in [4.78, 5) is 19.5. The van der Waals surface area contributed by atoms with Crippen LogP contribution in [-0.4, -0.2) is 29.0 Å². The van der Waals surface area contributed by atoms with E-state index in [1.807, 2.05) is 6.07 Å². The molecule has 3 N–H and O–H groups in total. The van der Waals surface area contributed by atoms with Gasteiger partial charge in [0.1, 0.15) is 11.6 Å². The number of piperidine rings is 1. The third-order valence-electron chi connectivity index (χ3n) is 6.57. The number of amides is 1. The maximum atomic E-state index is 14.9. The lowest BCUT2D eigenvalue weighted by molar-refractivity contribution is -0.138. The molecular weight excluding hydrogens is 472 g/mol. The van der Waals surface area contributed by atoms with Crippen molar-refractivity contribution in [2.24, 2.45) is 5.73 Å². The molecule has 0 saturated carbocycles. The molecule has 0 unspecified atom stereocenters. The zero-order chi connectivity index (χ0) is 25.7. The van der Waals surface area contributed by atoms with Gasteiger partial charge in [0.25, 0.3) is 0 Å². The minimum Gasteiger partial charge on any atom is -0.369 e. The van der Waals surface area contributed by atoms with Crippen LogP contribution in [-0.2, 0) is 36.7 Å². The van der Waals surface area contributed by atoms with Crippen molar-refractivity contribution < 1.29 is 22.4 Å². The van der Waals surface area contributed by atoms with Crippen LogP contribution < -0.4 is 11.1 Å². The summed E-state index contributed by atoms with van der Waals surface area (Å²) < 4.78 is 55.9. The molecule has 1 saturated heterocycles. The van der Waals surface area contributed by atoms with Gasteiger partial charge in [0, 0.05) is 12.6 Å². The quantitative estimate of drug-likeness (QED) is 0.446. The smallest absolute Gasteiger partial charge is 0.369 e. The molecule has 0 spiro atoms. The van der Waals surface area contributed by atoms with Crippen LogP contribution in [0.2, 0.25) is 0 Å². The number of carbonyl (C=O) groups excluding carboxylic acids is 1. The number of nitrogens with one attached hydrogen (secondary N) is 1. The highest BCUT2D eigenvalue weighted by Gasteiger charge is 2.35. The first kappa shape index (κ1) is 25.8. The molecule has 1 fully saturated rings. The van der Waals surface area contributed by atoms with E-state index >= 15 is 0 Å². The Balaban J connectivity index is 1.55. The van der Waals surface area contributed by atoms with Gasteiger partial charge in [0.2, 0.25) is 5.91 Å². The predicted molar refractivity (Wildman–Crippen MR) is 128 cm³/mol. The fraction of sp³-hybridized carbons (Fsp3) is 0.370. The van der Waals surface area contributed by atoms with Crippen molar-refractivity contribution in [1.82, 2.24) is 15.3 Å². The molecule has 36 heavy (non-hydrogen) atoms. The number of rotatable bonds is 8. The zero-order valence-corrected chi connectivity index (χ0v) is 19.7. The summed E-state index contributed by atoms with van der Waals surface area (Å²) in [6.07, 6.45) is -1.76. The Hall–Kier alpha value is -3.33. The lowest BCUT2D eigenvalue weighted by atomic mass is 9.89. The van der Waals surface area contributed by atoms with Gasteiger partial charge < -0.3 is 11.1 Å². The number of aromatic nitrogens is 2. The van der Waals surface area contributed by atoms with Crippen LogP contribution in [0, 0.1) is 5.82 Å². The summed E-state index contributed by atoms with van der Waals surface area (Å²) in [7, 11) is 0. The van der Waals surface area contributed by atoms with Gasteiger partial charge in [-0.3, -0.25) is 4.79 Å². The lowest BCUT2D eigenvalue weighted by Gasteiger charge is -2.23. The predicted octanol–water partition coefficient (Wildman–Crippen LogP) is 4.51. The van der Waals surface area contributed by atoms with E-state index in [0.29, 0.717) is 17.0 Å². The zero-order valence-electron chi connectivity index (χ0n) is 19.7. The maximum Gasteiger partial charge on any atom is 0.419 e. The summed E-state index contributed by atoms with van der Waals surface area (Å²) in [5.74, 6) is -0.509. The van der Waals surface area contributed by atoms with E-state index in [1.165, 1.54) is 6.07 Å². The first-order valence-corrected chi connectivity index (χ1v) is 12.0. The fourth-order valence-electron chi connectivity index (χ4n) is 4.67. The van der Waals surface area contributed by atoms with Crippen LogP contribution in [0.5, 0.6) is 0 Å². The highest BCUT2D eigenvalue weighted by atomic mass is 19.4. The Morgan fingerprint density at radius 1 is 1.03 bits per heavy atom. The minimum atomic E-state index is -4.62. The molecule has 1 aromatic heterocycles. The van der Waals surface area contributed by atoms with Gasteiger partial charge >= 0.3 is 6.18 Å². The number of primary amides is 1. The van der Waals surface area contributed by atoms with E-state index in [1.54, 1.807) is 30.3 Å². The van der Waals surface area contributed by atoms with Gasteiger partial charge in [0.05, 0.1) is 17.7 Å². The molecule has 2 heterocycles. The fourth-order valence-corrected chi connectivity index (χ4v) is 4.67. The normalized spacial score (nSPS) is 14.7. The Morgan fingerprint density at radius 2 is 1.75 bits per heavy atom. The highest BCUT2D eigenvalue weighted by Crippen LogP contribution is 2.32. The van der Waals surface area contributed by atoms with Gasteiger partial charge in [-0.05, 0) is 73.0 Å². The van der Waals surface area contributed by atoms with Crippen molar-refractivity contribution in [1.29, 1.82) is 0 Å². The lowest BCUT2D eigenvalue weighted by Crippen LogP contribution is -2.26. The third-order valence-corrected chi connectivity index (χ3v) is 6.57. The van der Waals surface area contributed by atoms with E-state index in [9.17, 15) is 22.4 Å². The van der Waals surface area contributed by atoms with E-state index < -0.39 is 23.5 Å². The van der Waals surface area contributed by atoms with Crippen molar-refractivity contribution in [3.8, 4) is 0 Å². The molecule has 0 radical (unpaired) electrons.